The molecule has 1 saturated carbocycles. The zero-order valence-corrected chi connectivity index (χ0v) is 7.20. The van der Waals surface area contributed by atoms with Crippen LogP contribution in [-0.4, -0.2) is 22.9 Å². The maximum absolute atomic E-state index is 8.56. The van der Waals surface area contributed by atoms with E-state index >= 15 is 0 Å². The van der Waals surface area contributed by atoms with Crippen LogP contribution < -0.4 is 5.73 Å². The molecule has 0 aliphatic heterocycles. The Balaban J connectivity index is 0.000000261. The van der Waals surface area contributed by atoms with Gasteiger partial charge in [-0.15, -0.1) is 0 Å². The summed E-state index contributed by atoms with van der Waals surface area (Å²) in [5.41, 5.74) is 5.50. The summed E-state index contributed by atoms with van der Waals surface area (Å²) in [4.78, 5) is 8.56. The molecule has 4 heteroatoms. The molecule has 0 bridgehead atoms. The first-order chi connectivity index (χ1) is 5.66. The largest absolute Gasteiger partial charge is 0.503 e. The minimum atomic E-state index is -1.83. The number of hydrogen-bond donors (Lipinski definition) is 3. The molecule has 0 atom stereocenters. The lowest BCUT2D eigenvalue weighted by Gasteiger charge is -2.18. The summed E-state index contributed by atoms with van der Waals surface area (Å²) in [5, 5.41) is 13.9. The Morgan fingerprint density at radius 1 is 1.25 bits per heavy atom. The molecule has 1 aliphatic carbocycles. The molecule has 72 valence electrons. The third-order valence-electron chi connectivity index (χ3n) is 2.06. The number of nitrogens with two attached hydrogens (primary N) is 1. The molecule has 1 fully saturated rings. The topological polar surface area (TPSA) is 83.6 Å². The van der Waals surface area contributed by atoms with Gasteiger partial charge in [0.1, 0.15) is 0 Å². The van der Waals surface area contributed by atoms with E-state index < -0.39 is 6.16 Å². The molecule has 12 heavy (non-hydrogen) atoms. The zero-order valence-electron chi connectivity index (χ0n) is 7.20. The minimum Gasteiger partial charge on any atom is -0.450 e. The summed E-state index contributed by atoms with van der Waals surface area (Å²) in [6.45, 7) is 0.917. The fourth-order valence-electron chi connectivity index (χ4n) is 1.42. The van der Waals surface area contributed by atoms with E-state index in [2.05, 4.69) is 0 Å². The van der Waals surface area contributed by atoms with Crippen molar-refractivity contribution in [2.75, 3.05) is 6.54 Å². The van der Waals surface area contributed by atoms with Gasteiger partial charge in [0.05, 0.1) is 0 Å². The van der Waals surface area contributed by atoms with Crippen molar-refractivity contribution < 1.29 is 15.0 Å². The van der Waals surface area contributed by atoms with Gasteiger partial charge in [-0.05, 0) is 25.3 Å². The minimum absolute atomic E-state index is 0.865. The molecule has 4 nitrogen and oxygen atoms in total. The molecule has 0 radical (unpaired) electrons. The lowest BCUT2D eigenvalue weighted by Crippen LogP contribution is -2.16. The molecule has 4 N–H and O–H groups in total. The normalized spacial score (nSPS) is 17.8. The predicted molar refractivity (Wildman–Crippen MR) is 46.3 cm³/mol. The van der Waals surface area contributed by atoms with Crippen molar-refractivity contribution in [2.24, 2.45) is 11.7 Å². The highest BCUT2D eigenvalue weighted by molar-refractivity contribution is 5.53. The van der Waals surface area contributed by atoms with Crippen molar-refractivity contribution in [2.45, 2.75) is 32.1 Å². The van der Waals surface area contributed by atoms with Gasteiger partial charge in [-0.1, -0.05) is 19.3 Å². The second-order valence-electron chi connectivity index (χ2n) is 3.02. The summed E-state index contributed by atoms with van der Waals surface area (Å²) in [6.07, 6.45) is 5.22. The number of hydrogen-bond acceptors (Lipinski definition) is 2. The summed E-state index contributed by atoms with van der Waals surface area (Å²) >= 11 is 0. The van der Waals surface area contributed by atoms with E-state index in [1.807, 2.05) is 0 Å². The molecular weight excluding hydrogens is 158 g/mol. The number of carbonyl (C=O) groups is 1. The smallest absolute Gasteiger partial charge is 0.450 e. The fourth-order valence-corrected chi connectivity index (χ4v) is 1.42. The molecule has 0 heterocycles. The van der Waals surface area contributed by atoms with Gasteiger partial charge in [-0.3, -0.25) is 0 Å². The highest BCUT2D eigenvalue weighted by atomic mass is 16.6. The molecule has 0 spiro atoms. The molecule has 1 aliphatic rings. The van der Waals surface area contributed by atoms with Crippen LogP contribution in [0.2, 0.25) is 0 Å². The average Bonchev–Trinajstić information content (AvgIpc) is 2.05. The van der Waals surface area contributed by atoms with Gasteiger partial charge in [0.2, 0.25) is 0 Å². The van der Waals surface area contributed by atoms with Gasteiger partial charge in [-0.25, -0.2) is 4.79 Å². The van der Waals surface area contributed by atoms with E-state index in [4.69, 9.17) is 20.7 Å². The van der Waals surface area contributed by atoms with Gasteiger partial charge >= 0.3 is 6.16 Å². The quantitative estimate of drug-likeness (QED) is 0.567. The van der Waals surface area contributed by atoms with E-state index in [1.54, 1.807) is 0 Å². The average molecular weight is 175 g/mol. The van der Waals surface area contributed by atoms with E-state index in [1.165, 1.54) is 32.1 Å². The van der Waals surface area contributed by atoms with Crippen molar-refractivity contribution >= 4 is 6.16 Å². The van der Waals surface area contributed by atoms with Crippen LogP contribution in [0.25, 0.3) is 0 Å². The molecular formula is C8H17NO3. The molecule has 0 unspecified atom stereocenters. The van der Waals surface area contributed by atoms with Crippen LogP contribution in [-0.2, 0) is 0 Å². The number of carboxylic acid groups (broad SMARTS) is 2. The molecule has 0 amide bonds. The van der Waals surface area contributed by atoms with Crippen molar-refractivity contribution in [3.05, 3.63) is 0 Å². The van der Waals surface area contributed by atoms with Crippen molar-refractivity contribution in [1.82, 2.24) is 0 Å². The third kappa shape index (κ3) is 7.34. The second-order valence-corrected chi connectivity index (χ2v) is 3.02. The highest BCUT2D eigenvalue weighted by Gasteiger charge is 2.09. The molecule has 0 aromatic rings. The van der Waals surface area contributed by atoms with Crippen LogP contribution in [0.5, 0.6) is 0 Å². The molecule has 1 rings (SSSR count). The maximum atomic E-state index is 8.56. The predicted octanol–water partition coefficient (Wildman–Crippen LogP) is 1.75. The van der Waals surface area contributed by atoms with Gasteiger partial charge in [0.25, 0.3) is 0 Å². The molecule has 0 aromatic carbocycles. The molecule has 0 aromatic heterocycles. The maximum Gasteiger partial charge on any atom is 0.503 e. The van der Waals surface area contributed by atoms with Crippen LogP contribution in [0.3, 0.4) is 0 Å². The van der Waals surface area contributed by atoms with Gasteiger partial charge < -0.3 is 15.9 Å². The summed E-state index contributed by atoms with van der Waals surface area (Å²) < 4.78 is 0. The Morgan fingerprint density at radius 3 is 1.92 bits per heavy atom. The van der Waals surface area contributed by atoms with Crippen LogP contribution in [0.15, 0.2) is 0 Å². The van der Waals surface area contributed by atoms with E-state index in [0.29, 0.717) is 0 Å². The van der Waals surface area contributed by atoms with E-state index in [9.17, 15) is 0 Å². The van der Waals surface area contributed by atoms with Gasteiger partial charge in [0.15, 0.2) is 0 Å². The SMILES string of the molecule is NCC1CCCCC1.O=C(O)O. The first-order valence-electron chi connectivity index (χ1n) is 4.28. The van der Waals surface area contributed by atoms with Gasteiger partial charge in [-0.2, -0.15) is 0 Å². The standard InChI is InChI=1S/C7H15N.CH2O3/c8-6-7-4-2-1-3-5-7;2-1(3)4/h7H,1-6,8H2;(H2,2,3,4). The Labute approximate surface area is 72.4 Å². The summed E-state index contributed by atoms with van der Waals surface area (Å²) in [5.74, 6) is 0.865. The summed E-state index contributed by atoms with van der Waals surface area (Å²) in [6, 6.07) is 0. The van der Waals surface area contributed by atoms with Crippen LogP contribution in [0.4, 0.5) is 4.79 Å². The Morgan fingerprint density at radius 2 is 1.67 bits per heavy atom. The Kier molecular flexibility index (Phi) is 6.47. The van der Waals surface area contributed by atoms with E-state index in [-0.39, 0.29) is 0 Å². The van der Waals surface area contributed by atoms with Crippen LogP contribution >= 0.6 is 0 Å². The van der Waals surface area contributed by atoms with Gasteiger partial charge in [0, 0.05) is 0 Å². The summed E-state index contributed by atoms with van der Waals surface area (Å²) in [7, 11) is 0. The molecule has 0 saturated heterocycles. The second kappa shape index (κ2) is 6.91. The monoisotopic (exact) mass is 175 g/mol. The zero-order chi connectivity index (χ0) is 9.40. The van der Waals surface area contributed by atoms with Crippen molar-refractivity contribution in [1.29, 1.82) is 0 Å². The van der Waals surface area contributed by atoms with Crippen molar-refractivity contribution in [3.8, 4) is 0 Å². The third-order valence-corrected chi connectivity index (χ3v) is 2.06. The van der Waals surface area contributed by atoms with Crippen molar-refractivity contribution in [3.63, 3.8) is 0 Å². The first-order valence-corrected chi connectivity index (χ1v) is 4.28. The Hall–Kier alpha value is -0.770. The lowest BCUT2D eigenvalue weighted by atomic mass is 9.90. The highest BCUT2D eigenvalue weighted by Crippen LogP contribution is 2.21. The first kappa shape index (κ1) is 11.2. The fraction of sp³-hybridized carbons (Fsp3) is 0.875. The Bertz CT molecular complexity index is 117. The van der Waals surface area contributed by atoms with E-state index in [0.717, 1.165) is 12.5 Å². The van der Waals surface area contributed by atoms with Crippen LogP contribution in [0, 0.1) is 5.92 Å². The number of rotatable bonds is 1. The lowest BCUT2D eigenvalue weighted by molar-refractivity contribution is 0.137. The van der Waals surface area contributed by atoms with Crippen LogP contribution in [0.1, 0.15) is 32.1 Å².